The second-order valence-electron chi connectivity index (χ2n) is 5.62. The predicted octanol–water partition coefficient (Wildman–Crippen LogP) is 4.53. The standard InChI is InChI=1S/C22H18N2O2/c23-22(24-18-14-8-3-9-15-18)19(20(25)16-10-4-1-5-11-16)21(26)17-12-6-2-7-13-17/h1-15,25H,(H2,23,24). The van der Waals surface area contributed by atoms with Gasteiger partial charge in [-0.15, -0.1) is 0 Å². The molecule has 0 amide bonds. The van der Waals surface area contributed by atoms with E-state index >= 15 is 0 Å². The molecule has 0 saturated heterocycles. The second-order valence-corrected chi connectivity index (χ2v) is 5.62. The molecule has 0 radical (unpaired) electrons. The number of aliphatic imine (C=N–C) groups is 1. The molecule has 4 heteroatoms. The molecule has 0 fully saturated rings. The highest BCUT2D eigenvalue weighted by atomic mass is 16.3. The summed E-state index contributed by atoms with van der Waals surface area (Å²) >= 11 is 0. The number of carbonyl (C=O) groups excluding carboxylic acids is 1. The van der Waals surface area contributed by atoms with Crippen LogP contribution in [-0.4, -0.2) is 16.7 Å². The number of hydrogen-bond donors (Lipinski definition) is 2. The van der Waals surface area contributed by atoms with Gasteiger partial charge in [-0.3, -0.25) is 4.79 Å². The van der Waals surface area contributed by atoms with Crippen molar-refractivity contribution in [2.24, 2.45) is 10.7 Å². The van der Waals surface area contributed by atoms with E-state index in [1.54, 1.807) is 60.7 Å². The molecule has 0 aliphatic carbocycles. The second kappa shape index (κ2) is 7.94. The minimum Gasteiger partial charge on any atom is -0.506 e. The maximum absolute atomic E-state index is 13.0. The first-order valence-corrected chi connectivity index (χ1v) is 8.15. The number of Topliss-reactive ketones (excluding diaryl/α,β-unsaturated/α-hetero) is 1. The lowest BCUT2D eigenvalue weighted by molar-refractivity contribution is 0.103. The van der Waals surface area contributed by atoms with Crippen LogP contribution in [0.2, 0.25) is 0 Å². The monoisotopic (exact) mass is 342 g/mol. The number of aliphatic hydroxyl groups excluding tert-OH is 1. The summed E-state index contributed by atoms with van der Waals surface area (Å²) in [7, 11) is 0. The zero-order valence-corrected chi connectivity index (χ0v) is 14.0. The summed E-state index contributed by atoms with van der Waals surface area (Å²) in [6.07, 6.45) is 0. The van der Waals surface area contributed by atoms with Crippen LogP contribution in [0.3, 0.4) is 0 Å². The van der Waals surface area contributed by atoms with E-state index in [9.17, 15) is 9.90 Å². The van der Waals surface area contributed by atoms with Crippen LogP contribution in [0.15, 0.2) is 102 Å². The molecule has 128 valence electrons. The van der Waals surface area contributed by atoms with Gasteiger partial charge in [-0.2, -0.15) is 0 Å². The molecule has 0 aliphatic rings. The van der Waals surface area contributed by atoms with Crippen LogP contribution < -0.4 is 5.73 Å². The van der Waals surface area contributed by atoms with Gasteiger partial charge in [0.25, 0.3) is 0 Å². The van der Waals surface area contributed by atoms with Crippen molar-refractivity contribution in [1.29, 1.82) is 0 Å². The van der Waals surface area contributed by atoms with E-state index in [0.29, 0.717) is 16.8 Å². The number of amidine groups is 1. The van der Waals surface area contributed by atoms with E-state index in [0.717, 1.165) is 0 Å². The van der Waals surface area contributed by atoms with E-state index < -0.39 is 0 Å². The van der Waals surface area contributed by atoms with Crippen LogP contribution >= 0.6 is 0 Å². The molecule has 0 atom stereocenters. The normalized spacial score (nSPS) is 12.4. The Balaban J connectivity index is 2.14. The minimum absolute atomic E-state index is 0.0220. The largest absolute Gasteiger partial charge is 0.506 e. The summed E-state index contributed by atoms with van der Waals surface area (Å²) in [5.41, 5.74) is 7.64. The fraction of sp³-hybridized carbons (Fsp3) is 0. The quantitative estimate of drug-likeness (QED) is 0.235. The number of rotatable bonds is 5. The van der Waals surface area contributed by atoms with Crippen molar-refractivity contribution in [2.45, 2.75) is 0 Å². The van der Waals surface area contributed by atoms with Crippen molar-refractivity contribution in [3.8, 4) is 0 Å². The van der Waals surface area contributed by atoms with Crippen LogP contribution in [0.4, 0.5) is 5.69 Å². The molecular weight excluding hydrogens is 324 g/mol. The number of para-hydroxylation sites is 1. The highest BCUT2D eigenvalue weighted by Crippen LogP contribution is 2.21. The topological polar surface area (TPSA) is 75.7 Å². The Morgan fingerprint density at radius 3 is 1.73 bits per heavy atom. The summed E-state index contributed by atoms with van der Waals surface area (Å²) < 4.78 is 0. The molecule has 0 heterocycles. The van der Waals surface area contributed by atoms with Gasteiger partial charge in [-0.1, -0.05) is 78.9 Å². The van der Waals surface area contributed by atoms with Gasteiger partial charge >= 0.3 is 0 Å². The fourth-order valence-electron chi connectivity index (χ4n) is 2.52. The average molecular weight is 342 g/mol. The van der Waals surface area contributed by atoms with Crippen molar-refractivity contribution in [1.82, 2.24) is 0 Å². The van der Waals surface area contributed by atoms with Gasteiger partial charge in [0.05, 0.1) is 5.69 Å². The number of hydrogen-bond acceptors (Lipinski definition) is 3. The average Bonchev–Trinajstić information content (AvgIpc) is 2.70. The van der Waals surface area contributed by atoms with Crippen molar-refractivity contribution in [3.63, 3.8) is 0 Å². The third-order valence-corrected chi connectivity index (χ3v) is 3.81. The summed E-state index contributed by atoms with van der Waals surface area (Å²) in [6.45, 7) is 0. The van der Waals surface area contributed by atoms with Gasteiger partial charge in [-0.25, -0.2) is 4.99 Å². The Bertz CT molecular complexity index is 947. The number of ketones is 1. The molecule has 0 aliphatic heterocycles. The Kier molecular flexibility index (Phi) is 5.25. The zero-order valence-electron chi connectivity index (χ0n) is 14.0. The van der Waals surface area contributed by atoms with Gasteiger partial charge < -0.3 is 10.8 Å². The molecule has 0 saturated carbocycles. The molecule has 3 aromatic rings. The van der Waals surface area contributed by atoms with Crippen LogP contribution in [0.25, 0.3) is 5.76 Å². The lowest BCUT2D eigenvalue weighted by Gasteiger charge is -2.11. The SMILES string of the molecule is NC(=Nc1ccccc1)C(C(=O)c1ccccc1)=C(O)c1ccccc1. The van der Waals surface area contributed by atoms with E-state index in [4.69, 9.17) is 5.73 Å². The third-order valence-electron chi connectivity index (χ3n) is 3.81. The highest BCUT2D eigenvalue weighted by molar-refractivity contribution is 6.30. The van der Waals surface area contributed by atoms with Gasteiger partial charge in [0.1, 0.15) is 17.2 Å². The number of carbonyl (C=O) groups is 1. The molecule has 4 nitrogen and oxygen atoms in total. The molecule has 0 unspecified atom stereocenters. The van der Waals surface area contributed by atoms with E-state index in [2.05, 4.69) is 4.99 Å². The minimum atomic E-state index is -0.385. The van der Waals surface area contributed by atoms with Crippen LogP contribution in [0.5, 0.6) is 0 Å². The molecular formula is C22H18N2O2. The molecule has 0 spiro atoms. The third kappa shape index (κ3) is 3.87. The smallest absolute Gasteiger partial charge is 0.200 e. The Morgan fingerprint density at radius 1 is 0.731 bits per heavy atom. The Labute approximate surface area is 152 Å². The summed E-state index contributed by atoms with van der Waals surface area (Å²) in [6, 6.07) is 26.6. The maximum atomic E-state index is 13.0. The van der Waals surface area contributed by atoms with Crippen molar-refractivity contribution in [2.75, 3.05) is 0 Å². The molecule has 3 aromatic carbocycles. The number of aliphatic hydroxyl groups is 1. The van der Waals surface area contributed by atoms with Gasteiger partial charge in [0.2, 0.25) is 5.78 Å². The van der Waals surface area contributed by atoms with Crippen molar-refractivity contribution >= 4 is 23.1 Å². The highest BCUT2D eigenvalue weighted by Gasteiger charge is 2.22. The van der Waals surface area contributed by atoms with Crippen molar-refractivity contribution < 1.29 is 9.90 Å². The van der Waals surface area contributed by atoms with E-state index in [1.165, 1.54) is 0 Å². The van der Waals surface area contributed by atoms with Gasteiger partial charge in [0.15, 0.2) is 0 Å². The first-order chi connectivity index (χ1) is 12.7. The first kappa shape index (κ1) is 17.2. The van der Waals surface area contributed by atoms with E-state index in [1.807, 2.05) is 30.3 Å². The number of nitrogens with zero attached hydrogens (tertiary/aromatic N) is 1. The predicted molar refractivity (Wildman–Crippen MR) is 104 cm³/mol. The molecule has 3 N–H and O–H groups in total. The first-order valence-electron chi connectivity index (χ1n) is 8.15. The molecule has 0 bridgehead atoms. The summed E-state index contributed by atoms with van der Waals surface area (Å²) in [4.78, 5) is 17.3. The van der Waals surface area contributed by atoms with Crippen LogP contribution in [-0.2, 0) is 0 Å². The van der Waals surface area contributed by atoms with Gasteiger partial charge in [0, 0.05) is 11.1 Å². The van der Waals surface area contributed by atoms with Crippen molar-refractivity contribution in [3.05, 3.63) is 108 Å². The number of benzene rings is 3. The molecule has 3 rings (SSSR count). The van der Waals surface area contributed by atoms with Crippen LogP contribution in [0.1, 0.15) is 15.9 Å². The lowest BCUT2D eigenvalue weighted by Crippen LogP contribution is -2.23. The summed E-state index contributed by atoms with van der Waals surface area (Å²) in [5, 5.41) is 10.8. The Hall–Kier alpha value is -3.66. The Morgan fingerprint density at radius 2 is 1.19 bits per heavy atom. The van der Waals surface area contributed by atoms with E-state index in [-0.39, 0.29) is 23.0 Å². The summed E-state index contributed by atoms with van der Waals surface area (Å²) in [5.74, 6) is -0.618. The number of nitrogens with two attached hydrogens (primary N) is 1. The van der Waals surface area contributed by atoms with Gasteiger partial charge in [-0.05, 0) is 12.1 Å². The molecule has 26 heavy (non-hydrogen) atoms. The van der Waals surface area contributed by atoms with Crippen LogP contribution in [0, 0.1) is 0 Å². The lowest BCUT2D eigenvalue weighted by atomic mass is 9.98. The zero-order chi connectivity index (χ0) is 18.4. The fourth-order valence-corrected chi connectivity index (χ4v) is 2.52. The maximum Gasteiger partial charge on any atom is 0.200 e. The molecule has 0 aromatic heterocycles.